The Balaban J connectivity index is 1.72. The molecule has 0 bridgehead atoms. The smallest absolute Gasteiger partial charge is 0.317 e. The average Bonchev–Trinajstić information content (AvgIpc) is 2.85. The fourth-order valence-electron chi connectivity index (χ4n) is 3.61. The van der Waals surface area contributed by atoms with Crippen molar-refractivity contribution in [2.45, 2.75) is 52.4 Å². The Bertz CT molecular complexity index is 399. The summed E-state index contributed by atoms with van der Waals surface area (Å²) >= 11 is 0. The molecule has 5 nitrogen and oxygen atoms in total. The number of amides is 2. The van der Waals surface area contributed by atoms with Crippen LogP contribution in [0.3, 0.4) is 0 Å². The minimum Gasteiger partial charge on any atom is -0.481 e. The van der Waals surface area contributed by atoms with Crippen LogP contribution in [0.1, 0.15) is 52.4 Å². The molecule has 3 atom stereocenters. The van der Waals surface area contributed by atoms with Crippen LogP contribution in [0.2, 0.25) is 0 Å². The number of carbonyl (C=O) groups is 2. The maximum atomic E-state index is 12.1. The van der Waals surface area contributed by atoms with Crippen molar-refractivity contribution < 1.29 is 14.7 Å². The summed E-state index contributed by atoms with van der Waals surface area (Å²) in [6.07, 6.45) is 6.81. The van der Waals surface area contributed by atoms with E-state index in [4.69, 9.17) is 0 Å². The number of carboxylic acid groups (broad SMARTS) is 1. The van der Waals surface area contributed by atoms with E-state index in [1.807, 2.05) is 0 Å². The molecule has 21 heavy (non-hydrogen) atoms. The lowest BCUT2D eigenvalue weighted by Crippen LogP contribution is -2.41. The molecule has 5 heteroatoms. The van der Waals surface area contributed by atoms with E-state index in [1.165, 1.54) is 25.7 Å². The van der Waals surface area contributed by atoms with Crippen molar-refractivity contribution >= 4 is 12.0 Å². The molecule has 120 valence electrons. The van der Waals surface area contributed by atoms with E-state index in [9.17, 15) is 14.7 Å². The van der Waals surface area contributed by atoms with Gasteiger partial charge >= 0.3 is 12.0 Å². The first-order chi connectivity index (χ1) is 9.92. The fraction of sp³-hybridized carbons (Fsp3) is 0.875. The molecule has 2 N–H and O–H groups in total. The molecule has 0 aromatic carbocycles. The summed E-state index contributed by atoms with van der Waals surface area (Å²) in [5.74, 6) is 0.675. The van der Waals surface area contributed by atoms with Gasteiger partial charge in [-0.15, -0.1) is 0 Å². The quantitative estimate of drug-likeness (QED) is 0.838. The Kier molecular flexibility index (Phi) is 5.12. The molecule has 1 saturated heterocycles. The Morgan fingerprint density at radius 3 is 2.67 bits per heavy atom. The first-order valence-electron chi connectivity index (χ1n) is 8.18. The molecule has 0 spiro atoms. The Morgan fingerprint density at radius 1 is 1.33 bits per heavy atom. The number of likely N-dealkylation sites (tertiary alicyclic amines) is 1. The van der Waals surface area contributed by atoms with Gasteiger partial charge in [0.25, 0.3) is 0 Å². The Labute approximate surface area is 127 Å². The molecule has 2 rings (SSSR count). The summed E-state index contributed by atoms with van der Waals surface area (Å²) in [5, 5.41) is 12.2. The van der Waals surface area contributed by atoms with Crippen LogP contribution in [-0.2, 0) is 4.79 Å². The molecular weight excluding hydrogens is 268 g/mol. The zero-order valence-corrected chi connectivity index (χ0v) is 13.2. The highest BCUT2D eigenvalue weighted by Crippen LogP contribution is 2.32. The third kappa shape index (κ3) is 3.89. The summed E-state index contributed by atoms with van der Waals surface area (Å²) in [6, 6.07) is -0.108. The molecule has 2 amide bonds. The Hall–Kier alpha value is -1.26. The Morgan fingerprint density at radius 2 is 2.05 bits per heavy atom. The van der Waals surface area contributed by atoms with Gasteiger partial charge in [-0.2, -0.15) is 0 Å². The fourth-order valence-corrected chi connectivity index (χ4v) is 3.61. The van der Waals surface area contributed by atoms with Gasteiger partial charge < -0.3 is 15.3 Å². The summed E-state index contributed by atoms with van der Waals surface area (Å²) in [4.78, 5) is 24.9. The van der Waals surface area contributed by atoms with E-state index in [0.717, 1.165) is 18.3 Å². The van der Waals surface area contributed by atoms with Crippen molar-refractivity contribution in [2.75, 3.05) is 19.6 Å². The predicted octanol–water partition coefficient (Wildman–Crippen LogP) is 2.71. The van der Waals surface area contributed by atoms with Crippen LogP contribution in [0.25, 0.3) is 0 Å². The van der Waals surface area contributed by atoms with Gasteiger partial charge in [-0.05, 0) is 31.6 Å². The highest BCUT2D eigenvalue weighted by molar-refractivity contribution is 5.79. The second kappa shape index (κ2) is 6.67. The van der Waals surface area contributed by atoms with Crippen LogP contribution < -0.4 is 5.32 Å². The maximum Gasteiger partial charge on any atom is 0.317 e. The van der Waals surface area contributed by atoms with E-state index in [1.54, 1.807) is 11.8 Å². The number of rotatable bonds is 4. The predicted molar refractivity (Wildman–Crippen MR) is 81.1 cm³/mol. The lowest BCUT2D eigenvalue weighted by atomic mass is 9.79. The van der Waals surface area contributed by atoms with Crippen molar-refractivity contribution in [3.63, 3.8) is 0 Å². The molecule has 3 unspecified atom stereocenters. The van der Waals surface area contributed by atoms with Crippen molar-refractivity contribution in [2.24, 2.45) is 17.3 Å². The van der Waals surface area contributed by atoms with Crippen LogP contribution in [0, 0.1) is 17.3 Å². The van der Waals surface area contributed by atoms with Crippen molar-refractivity contribution in [3.05, 3.63) is 0 Å². The van der Waals surface area contributed by atoms with Crippen molar-refractivity contribution in [1.29, 1.82) is 0 Å². The zero-order chi connectivity index (χ0) is 15.5. The van der Waals surface area contributed by atoms with Crippen molar-refractivity contribution in [1.82, 2.24) is 10.2 Å². The normalized spacial score (nSPS) is 33.0. The van der Waals surface area contributed by atoms with Gasteiger partial charge in [0.15, 0.2) is 0 Å². The number of hydrogen-bond donors (Lipinski definition) is 2. The first-order valence-corrected chi connectivity index (χ1v) is 8.18. The summed E-state index contributed by atoms with van der Waals surface area (Å²) in [7, 11) is 0. The van der Waals surface area contributed by atoms with Gasteiger partial charge in [0.1, 0.15) is 0 Å². The number of carbonyl (C=O) groups excluding carboxylic acids is 1. The first kappa shape index (κ1) is 16.1. The van der Waals surface area contributed by atoms with Crippen LogP contribution in [-0.4, -0.2) is 41.6 Å². The van der Waals surface area contributed by atoms with Crippen LogP contribution in [0.4, 0.5) is 4.79 Å². The van der Waals surface area contributed by atoms with Crippen LogP contribution >= 0.6 is 0 Å². The minimum atomic E-state index is -0.811. The van der Waals surface area contributed by atoms with Crippen molar-refractivity contribution in [3.8, 4) is 0 Å². The maximum absolute atomic E-state index is 12.1. The van der Waals surface area contributed by atoms with Gasteiger partial charge in [0.05, 0.1) is 5.41 Å². The lowest BCUT2D eigenvalue weighted by molar-refractivity contribution is -0.146. The highest BCUT2D eigenvalue weighted by Gasteiger charge is 2.42. The second-order valence-corrected chi connectivity index (χ2v) is 7.08. The van der Waals surface area contributed by atoms with Crippen LogP contribution in [0.15, 0.2) is 0 Å². The van der Waals surface area contributed by atoms with E-state index < -0.39 is 11.4 Å². The van der Waals surface area contributed by atoms with E-state index in [2.05, 4.69) is 12.2 Å². The van der Waals surface area contributed by atoms with Gasteiger partial charge in [-0.1, -0.05) is 32.6 Å². The number of hydrogen-bond acceptors (Lipinski definition) is 2. The standard InChI is InChI=1S/C16H28N2O3/c1-12-5-3-4-6-13(12)7-9-17-15(21)18-10-8-16(2,11-18)14(19)20/h12-13H,3-11H2,1-2H3,(H,17,21)(H,19,20). The summed E-state index contributed by atoms with van der Waals surface area (Å²) < 4.78 is 0. The van der Waals surface area contributed by atoms with E-state index in [0.29, 0.717) is 26.1 Å². The molecule has 1 aliphatic carbocycles. The number of aliphatic carboxylic acids is 1. The third-order valence-electron chi connectivity index (χ3n) is 5.36. The SMILES string of the molecule is CC1CCCCC1CCNC(=O)N1CCC(C)(C(=O)O)C1. The molecule has 0 radical (unpaired) electrons. The molecule has 2 fully saturated rings. The average molecular weight is 296 g/mol. The zero-order valence-electron chi connectivity index (χ0n) is 13.2. The van der Waals surface area contributed by atoms with Crippen LogP contribution in [0.5, 0.6) is 0 Å². The minimum absolute atomic E-state index is 0.108. The van der Waals surface area contributed by atoms with E-state index in [-0.39, 0.29) is 6.03 Å². The number of nitrogens with zero attached hydrogens (tertiary/aromatic N) is 1. The molecular formula is C16H28N2O3. The topological polar surface area (TPSA) is 69.6 Å². The van der Waals surface area contributed by atoms with E-state index >= 15 is 0 Å². The summed E-state index contributed by atoms with van der Waals surface area (Å²) in [6.45, 7) is 5.58. The highest BCUT2D eigenvalue weighted by atomic mass is 16.4. The summed E-state index contributed by atoms with van der Waals surface area (Å²) in [5.41, 5.74) is -0.783. The molecule has 1 aliphatic heterocycles. The molecule has 0 aromatic rings. The third-order valence-corrected chi connectivity index (χ3v) is 5.36. The van der Waals surface area contributed by atoms with Gasteiger partial charge in [-0.3, -0.25) is 4.79 Å². The molecule has 2 aliphatic rings. The van der Waals surface area contributed by atoms with Gasteiger partial charge in [-0.25, -0.2) is 4.79 Å². The number of urea groups is 1. The molecule has 1 heterocycles. The second-order valence-electron chi connectivity index (χ2n) is 7.08. The molecule has 0 aromatic heterocycles. The van der Waals surface area contributed by atoms with Gasteiger partial charge in [0, 0.05) is 19.6 Å². The number of nitrogens with one attached hydrogen (secondary N) is 1. The number of carboxylic acids is 1. The lowest BCUT2D eigenvalue weighted by Gasteiger charge is -2.29. The largest absolute Gasteiger partial charge is 0.481 e. The monoisotopic (exact) mass is 296 g/mol. The van der Waals surface area contributed by atoms with Gasteiger partial charge in [0.2, 0.25) is 0 Å². The molecule has 1 saturated carbocycles.